The maximum atomic E-state index is 2.44. The molecule has 0 bridgehead atoms. The topological polar surface area (TPSA) is 3.24 Å². The number of rotatable bonds is 0. The van der Waals surface area contributed by atoms with E-state index in [0.29, 0.717) is 0 Å². The lowest BCUT2D eigenvalue weighted by Crippen LogP contribution is -2.52. The van der Waals surface area contributed by atoms with Gasteiger partial charge >= 0.3 is 6.85 Å². The molecule has 0 amide bonds. The number of hydrogen-bond donors (Lipinski definition) is 0. The van der Waals surface area contributed by atoms with E-state index in [2.05, 4.69) is 89.8 Å². The molecule has 0 radical (unpaired) electrons. The lowest BCUT2D eigenvalue weighted by Gasteiger charge is -2.35. The van der Waals surface area contributed by atoms with Crippen LogP contribution in [0.3, 0.4) is 0 Å². The number of hydrogen-bond acceptors (Lipinski definition) is 1. The van der Waals surface area contributed by atoms with Crippen molar-refractivity contribution in [1.29, 1.82) is 0 Å². The van der Waals surface area contributed by atoms with Crippen molar-refractivity contribution >= 4 is 51.7 Å². The van der Waals surface area contributed by atoms with Crippen LogP contribution in [0.25, 0.3) is 33.7 Å². The van der Waals surface area contributed by atoms with E-state index in [9.17, 15) is 0 Å². The molecule has 2 heteroatoms. The largest absolute Gasteiger partial charge is 0.382 e. The summed E-state index contributed by atoms with van der Waals surface area (Å²) in [7, 11) is 0. The van der Waals surface area contributed by atoms with Crippen molar-refractivity contribution < 1.29 is 0 Å². The Labute approximate surface area is 140 Å². The quantitative estimate of drug-likeness (QED) is 0.357. The number of nitrogens with zero attached hydrogens (tertiary/aromatic N) is 1. The molecule has 1 nitrogen and oxygen atoms in total. The molecule has 0 N–H and O–H groups in total. The first-order chi connectivity index (χ1) is 11.9. The summed E-state index contributed by atoms with van der Waals surface area (Å²) in [6.07, 6.45) is 2.31. The zero-order valence-corrected chi connectivity index (χ0v) is 13.1. The highest BCUT2D eigenvalue weighted by molar-refractivity contribution is 6.92. The molecule has 6 rings (SSSR count). The predicted molar refractivity (Wildman–Crippen MR) is 104 cm³/mol. The van der Waals surface area contributed by atoms with Gasteiger partial charge in [0.05, 0.1) is 0 Å². The monoisotopic (exact) mass is 303 g/mol. The van der Waals surface area contributed by atoms with Gasteiger partial charge < -0.3 is 4.81 Å². The molecule has 0 saturated carbocycles. The van der Waals surface area contributed by atoms with Crippen LogP contribution in [0, 0.1) is 0 Å². The molecule has 2 aliphatic heterocycles. The summed E-state index contributed by atoms with van der Waals surface area (Å²) >= 11 is 0. The highest BCUT2D eigenvalue weighted by atomic mass is 15.1. The molecule has 0 spiro atoms. The van der Waals surface area contributed by atoms with E-state index >= 15 is 0 Å². The van der Waals surface area contributed by atoms with Crippen LogP contribution in [0.2, 0.25) is 0 Å². The summed E-state index contributed by atoms with van der Waals surface area (Å²) in [5.74, 6) is 2.40. The van der Waals surface area contributed by atoms with Crippen molar-refractivity contribution in [3.63, 3.8) is 0 Å². The molecular formula is C22H14BN. The zero-order chi connectivity index (χ0) is 15.7. The Hall–Kier alpha value is -3.00. The van der Waals surface area contributed by atoms with Crippen molar-refractivity contribution in [2.75, 3.05) is 4.81 Å². The molecule has 0 unspecified atom stereocenters. The highest BCUT2D eigenvalue weighted by Gasteiger charge is 2.31. The second-order valence-corrected chi connectivity index (χ2v) is 6.66. The normalized spacial score (nSPS) is 14.3. The molecule has 0 fully saturated rings. The first-order valence-corrected chi connectivity index (χ1v) is 8.42. The summed E-state index contributed by atoms with van der Waals surface area (Å²) in [5, 5.41) is 8.05. The summed E-state index contributed by atoms with van der Waals surface area (Å²) in [5.41, 5.74) is 2.72. The minimum Gasteiger partial charge on any atom is -0.382 e. The molecule has 4 aromatic carbocycles. The van der Waals surface area contributed by atoms with Crippen LogP contribution in [-0.4, -0.2) is 6.85 Å². The van der Waals surface area contributed by atoms with Crippen molar-refractivity contribution in [2.24, 2.45) is 0 Å². The van der Waals surface area contributed by atoms with Gasteiger partial charge in [0.2, 0.25) is 0 Å². The smallest absolute Gasteiger partial charge is 0.321 e. The summed E-state index contributed by atoms with van der Waals surface area (Å²) in [4.78, 5) is 2.44. The van der Waals surface area contributed by atoms with E-state index in [1.165, 1.54) is 43.1 Å². The van der Waals surface area contributed by atoms with Crippen LogP contribution in [-0.2, 0) is 0 Å². The van der Waals surface area contributed by atoms with Gasteiger partial charge in [-0.3, -0.25) is 0 Å². The average Bonchev–Trinajstić information content (AvgIpc) is 2.65. The number of anilines is 1. The average molecular weight is 303 g/mol. The van der Waals surface area contributed by atoms with E-state index in [1.807, 2.05) is 0 Å². The van der Waals surface area contributed by atoms with Gasteiger partial charge in [-0.2, -0.15) is 0 Å². The van der Waals surface area contributed by atoms with E-state index in [1.54, 1.807) is 0 Å². The Bertz CT molecular complexity index is 1170. The van der Waals surface area contributed by atoms with Crippen molar-refractivity contribution in [1.82, 2.24) is 0 Å². The molecular weight excluding hydrogens is 289 g/mol. The summed E-state index contributed by atoms with van der Waals surface area (Å²) < 4.78 is 0. The van der Waals surface area contributed by atoms with Crippen LogP contribution in [0.4, 0.5) is 5.69 Å². The van der Waals surface area contributed by atoms with Crippen molar-refractivity contribution in [2.45, 2.75) is 0 Å². The maximum absolute atomic E-state index is 2.44. The van der Waals surface area contributed by atoms with Crippen LogP contribution >= 0.6 is 0 Å². The first-order valence-electron chi connectivity index (χ1n) is 8.42. The number of benzene rings is 4. The fraction of sp³-hybridized carbons (Fsp3) is 0. The van der Waals surface area contributed by atoms with Gasteiger partial charge in [-0.1, -0.05) is 72.7 Å². The van der Waals surface area contributed by atoms with Gasteiger partial charge in [-0.25, -0.2) is 0 Å². The molecule has 0 atom stereocenters. The van der Waals surface area contributed by atoms with Gasteiger partial charge in [0.15, 0.2) is 0 Å². The van der Waals surface area contributed by atoms with E-state index in [-0.39, 0.29) is 6.85 Å². The Kier molecular flexibility index (Phi) is 2.23. The Balaban J connectivity index is 1.85. The van der Waals surface area contributed by atoms with Crippen LogP contribution in [0.1, 0.15) is 0 Å². The standard InChI is InChI=1S/C22H14BN/c1-2-6-18-14-24-20-10-4-8-16-12-11-15-7-3-9-19(21(15)22(16)20)23(24)13-17(18)5-1/h1-14H. The second kappa shape index (κ2) is 4.30. The van der Waals surface area contributed by atoms with Gasteiger partial charge in [0.1, 0.15) is 0 Å². The maximum Gasteiger partial charge on any atom is 0.321 e. The zero-order valence-electron chi connectivity index (χ0n) is 13.1. The minimum absolute atomic E-state index is 0.268. The fourth-order valence-corrected chi connectivity index (χ4v) is 4.35. The van der Waals surface area contributed by atoms with Gasteiger partial charge in [-0.15, -0.1) is 0 Å². The lowest BCUT2D eigenvalue weighted by atomic mass is 9.50. The highest BCUT2D eigenvalue weighted by Crippen LogP contribution is 2.37. The molecule has 110 valence electrons. The summed E-state index contributed by atoms with van der Waals surface area (Å²) in [6, 6.07) is 26.5. The molecule has 2 heterocycles. The molecule has 4 aromatic rings. The Morgan fingerprint density at radius 3 is 2.25 bits per heavy atom. The van der Waals surface area contributed by atoms with Gasteiger partial charge in [0.25, 0.3) is 0 Å². The third-order valence-corrected chi connectivity index (χ3v) is 5.40. The molecule has 0 aromatic heterocycles. The van der Waals surface area contributed by atoms with Gasteiger partial charge in [-0.05, 0) is 44.3 Å². The predicted octanol–water partition coefficient (Wildman–Crippen LogP) is 2.78. The second-order valence-electron chi connectivity index (χ2n) is 6.66. The molecule has 2 aliphatic rings. The van der Waals surface area contributed by atoms with E-state index in [0.717, 1.165) is 0 Å². The van der Waals surface area contributed by atoms with Crippen LogP contribution < -0.4 is 20.7 Å². The first kappa shape index (κ1) is 12.4. The number of fused-ring (bicyclic) bond motifs is 4. The SMILES string of the molecule is C1=c2ccccc2=CN2B1c1cccc3ccc4cccc2c4c13. The molecule has 0 saturated heterocycles. The Morgan fingerprint density at radius 2 is 1.38 bits per heavy atom. The van der Waals surface area contributed by atoms with E-state index in [4.69, 9.17) is 0 Å². The van der Waals surface area contributed by atoms with Crippen molar-refractivity contribution in [3.05, 3.63) is 83.2 Å². The third-order valence-electron chi connectivity index (χ3n) is 5.40. The molecule has 24 heavy (non-hydrogen) atoms. The minimum atomic E-state index is 0.268. The fourth-order valence-electron chi connectivity index (χ4n) is 4.35. The van der Waals surface area contributed by atoms with E-state index < -0.39 is 0 Å². The Morgan fingerprint density at radius 1 is 0.625 bits per heavy atom. The van der Waals surface area contributed by atoms with Crippen LogP contribution in [0.5, 0.6) is 0 Å². The van der Waals surface area contributed by atoms with Crippen LogP contribution in [0.15, 0.2) is 72.8 Å². The third kappa shape index (κ3) is 1.46. The van der Waals surface area contributed by atoms with Gasteiger partial charge in [0, 0.05) is 11.1 Å². The lowest BCUT2D eigenvalue weighted by molar-refractivity contribution is 1.41. The summed E-state index contributed by atoms with van der Waals surface area (Å²) in [6.45, 7) is 0.268. The van der Waals surface area contributed by atoms with Crippen molar-refractivity contribution in [3.8, 4) is 0 Å². The molecule has 0 aliphatic carbocycles.